The van der Waals surface area contributed by atoms with E-state index in [1.807, 2.05) is 37.3 Å². The predicted molar refractivity (Wildman–Crippen MR) is 84.9 cm³/mol. The third-order valence-corrected chi connectivity index (χ3v) is 3.58. The first-order chi connectivity index (χ1) is 10.7. The molecule has 0 fully saturated rings. The molecule has 0 radical (unpaired) electrons. The third-order valence-electron chi connectivity index (χ3n) is 3.58. The number of hydrogen-bond acceptors (Lipinski definition) is 3. The second kappa shape index (κ2) is 4.70. The lowest BCUT2D eigenvalue weighted by molar-refractivity contribution is 0.102. The Bertz CT molecular complexity index is 998. The lowest BCUT2D eigenvalue weighted by Gasteiger charge is -2.06. The van der Waals surface area contributed by atoms with Crippen LogP contribution in [0.4, 0.5) is 5.69 Å². The number of nitrogens with one attached hydrogen (secondary N) is 3. The van der Waals surface area contributed by atoms with Gasteiger partial charge in [-0.25, -0.2) is 4.98 Å². The van der Waals surface area contributed by atoms with Crippen molar-refractivity contribution in [3.63, 3.8) is 0 Å². The number of imidazole rings is 1. The van der Waals surface area contributed by atoms with E-state index in [1.165, 1.54) is 0 Å². The minimum atomic E-state index is -0.184. The van der Waals surface area contributed by atoms with Gasteiger partial charge in [-0.1, -0.05) is 6.07 Å². The Morgan fingerprint density at radius 3 is 3.00 bits per heavy atom. The van der Waals surface area contributed by atoms with Crippen molar-refractivity contribution in [3.8, 4) is 0 Å². The van der Waals surface area contributed by atoms with Crippen molar-refractivity contribution >= 4 is 33.5 Å². The van der Waals surface area contributed by atoms with Gasteiger partial charge in [-0.3, -0.25) is 9.89 Å². The van der Waals surface area contributed by atoms with Crippen molar-refractivity contribution in [3.05, 3.63) is 54.0 Å². The van der Waals surface area contributed by atoms with Crippen LogP contribution in [0.2, 0.25) is 0 Å². The van der Waals surface area contributed by atoms with E-state index in [1.54, 1.807) is 12.3 Å². The number of rotatable bonds is 2. The van der Waals surface area contributed by atoms with E-state index in [4.69, 9.17) is 0 Å². The van der Waals surface area contributed by atoms with Crippen LogP contribution in [0.5, 0.6) is 0 Å². The van der Waals surface area contributed by atoms with Crippen molar-refractivity contribution in [1.29, 1.82) is 0 Å². The highest BCUT2D eigenvalue weighted by Gasteiger charge is 2.13. The Hall–Kier alpha value is -3.15. The lowest BCUT2D eigenvalue weighted by Crippen LogP contribution is -2.12. The molecule has 4 rings (SSSR count). The Kier molecular flexibility index (Phi) is 2.69. The average molecular weight is 291 g/mol. The number of fused-ring (bicyclic) bond motifs is 2. The standard InChI is InChI=1S/C16H13N5O/c1-9-18-13-4-2-3-12(15(13)19-9)16(22)20-11-6-5-10-8-17-21-14(10)7-11/h2-8H,1H3,(H,17,21)(H,18,19)(H,20,22). The zero-order valence-electron chi connectivity index (χ0n) is 11.8. The normalized spacial score (nSPS) is 11.1. The lowest BCUT2D eigenvalue weighted by atomic mass is 10.1. The number of para-hydroxylation sites is 1. The smallest absolute Gasteiger partial charge is 0.257 e. The van der Waals surface area contributed by atoms with Crippen LogP contribution in [0, 0.1) is 6.92 Å². The Balaban J connectivity index is 1.70. The van der Waals surface area contributed by atoms with Gasteiger partial charge in [0, 0.05) is 11.1 Å². The molecule has 0 unspecified atom stereocenters. The van der Waals surface area contributed by atoms with Crippen LogP contribution in [0.3, 0.4) is 0 Å². The summed E-state index contributed by atoms with van der Waals surface area (Å²) < 4.78 is 0. The van der Waals surface area contributed by atoms with Gasteiger partial charge in [-0.15, -0.1) is 0 Å². The van der Waals surface area contributed by atoms with E-state index in [2.05, 4.69) is 25.5 Å². The Morgan fingerprint density at radius 2 is 2.09 bits per heavy atom. The van der Waals surface area contributed by atoms with Gasteiger partial charge in [0.25, 0.3) is 5.91 Å². The molecule has 0 saturated heterocycles. The zero-order valence-corrected chi connectivity index (χ0v) is 11.8. The van der Waals surface area contributed by atoms with Crippen LogP contribution in [-0.2, 0) is 0 Å². The van der Waals surface area contributed by atoms with Crippen LogP contribution in [0.1, 0.15) is 16.2 Å². The van der Waals surface area contributed by atoms with Gasteiger partial charge in [0.2, 0.25) is 0 Å². The number of benzene rings is 2. The highest BCUT2D eigenvalue weighted by Crippen LogP contribution is 2.20. The fraction of sp³-hybridized carbons (Fsp3) is 0.0625. The topological polar surface area (TPSA) is 86.5 Å². The molecule has 1 amide bonds. The number of amides is 1. The Labute approximate surface area is 125 Å². The summed E-state index contributed by atoms with van der Waals surface area (Å²) in [5, 5.41) is 10.8. The summed E-state index contributed by atoms with van der Waals surface area (Å²) in [7, 11) is 0. The van der Waals surface area contributed by atoms with Gasteiger partial charge in [0.05, 0.1) is 22.8 Å². The molecule has 0 spiro atoms. The van der Waals surface area contributed by atoms with Crippen molar-refractivity contribution < 1.29 is 4.79 Å². The second-order valence-electron chi connectivity index (χ2n) is 5.15. The van der Waals surface area contributed by atoms with Gasteiger partial charge >= 0.3 is 0 Å². The van der Waals surface area contributed by atoms with Gasteiger partial charge in [-0.05, 0) is 37.3 Å². The zero-order chi connectivity index (χ0) is 15.1. The van der Waals surface area contributed by atoms with Crippen LogP contribution < -0.4 is 5.32 Å². The van der Waals surface area contributed by atoms with Gasteiger partial charge in [0.1, 0.15) is 11.3 Å². The molecule has 0 saturated carbocycles. The third kappa shape index (κ3) is 2.01. The first-order valence-electron chi connectivity index (χ1n) is 6.90. The molecule has 0 aliphatic carbocycles. The summed E-state index contributed by atoms with van der Waals surface area (Å²) in [6.07, 6.45) is 1.74. The number of hydrogen-bond donors (Lipinski definition) is 3. The summed E-state index contributed by atoms with van der Waals surface area (Å²) in [4.78, 5) is 20.0. The number of aromatic nitrogens is 4. The highest BCUT2D eigenvalue weighted by molar-refractivity contribution is 6.11. The molecule has 6 nitrogen and oxygen atoms in total. The molecule has 0 aliphatic rings. The quantitative estimate of drug-likeness (QED) is 0.530. The number of carbonyl (C=O) groups is 1. The van der Waals surface area contributed by atoms with Crippen LogP contribution in [0.15, 0.2) is 42.6 Å². The van der Waals surface area contributed by atoms with Gasteiger partial charge in [0.15, 0.2) is 0 Å². The molecule has 6 heteroatoms. The molecule has 4 aromatic rings. The average Bonchev–Trinajstić information content (AvgIpc) is 3.10. The second-order valence-corrected chi connectivity index (χ2v) is 5.15. The SMILES string of the molecule is Cc1nc2c(C(=O)Nc3ccc4cn[nH]c4c3)cccc2[nH]1. The first-order valence-corrected chi connectivity index (χ1v) is 6.90. The summed E-state index contributed by atoms with van der Waals surface area (Å²) in [6.45, 7) is 1.87. The van der Waals surface area contributed by atoms with Gasteiger partial charge in [-0.2, -0.15) is 5.10 Å². The van der Waals surface area contributed by atoms with Crippen LogP contribution in [-0.4, -0.2) is 26.1 Å². The summed E-state index contributed by atoms with van der Waals surface area (Å²) in [5.74, 6) is 0.602. The summed E-state index contributed by atoms with van der Waals surface area (Å²) in [6, 6.07) is 11.1. The molecule has 0 atom stereocenters. The molecular formula is C16H13N5O. The van der Waals surface area contributed by atoms with Crippen molar-refractivity contribution in [2.45, 2.75) is 6.92 Å². The fourth-order valence-electron chi connectivity index (χ4n) is 2.55. The van der Waals surface area contributed by atoms with E-state index in [-0.39, 0.29) is 5.91 Å². The molecular weight excluding hydrogens is 278 g/mol. The van der Waals surface area contributed by atoms with E-state index in [9.17, 15) is 4.79 Å². The first kappa shape index (κ1) is 12.6. The van der Waals surface area contributed by atoms with Crippen molar-refractivity contribution in [2.24, 2.45) is 0 Å². The minimum absolute atomic E-state index is 0.184. The molecule has 2 aromatic carbocycles. The summed E-state index contributed by atoms with van der Waals surface area (Å²) >= 11 is 0. The van der Waals surface area contributed by atoms with Gasteiger partial charge < -0.3 is 10.3 Å². The monoisotopic (exact) mass is 291 g/mol. The number of aryl methyl sites for hydroxylation is 1. The molecule has 3 N–H and O–H groups in total. The minimum Gasteiger partial charge on any atom is -0.342 e. The van der Waals surface area contributed by atoms with E-state index in [0.717, 1.165) is 22.2 Å². The van der Waals surface area contributed by atoms with E-state index < -0.39 is 0 Å². The van der Waals surface area contributed by atoms with Crippen molar-refractivity contribution in [2.75, 3.05) is 5.32 Å². The van der Waals surface area contributed by atoms with E-state index >= 15 is 0 Å². The number of H-pyrrole nitrogens is 2. The molecule has 2 heterocycles. The number of nitrogens with zero attached hydrogens (tertiary/aromatic N) is 2. The molecule has 108 valence electrons. The fourth-order valence-corrected chi connectivity index (χ4v) is 2.55. The Morgan fingerprint density at radius 1 is 1.18 bits per heavy atom. The molecule has 0 aliphatic heterocycles. The molecule has 2 aromatic heterocycles. The van der Waals surface area contributed by atoms with Crippen LogP contribution in [0.25, 0.3) is 21.9 Å². The predicted octanol–water partition coefficient (Wildman–Crippen LogP) is 3.00. The molecule has 0 bridgehead atoms. The summed E-state index contributed by atoms with van der Waals surface area (Å²) in [5.41, 5.74) is 3.68. The molecule has 22 heavy (non-hydrogen) atoms. The van der Waals surface area contributed by atoms with Crippen molar-refractivity contribution in [1.82, 2.24) is 20.2 Å². The number of carbonyl (C=O) groups excluding carboxylic acids is 1. The maximum absolute atomic E-state index is 12.5. The number of anilines is 1. The van der Waals surface area contributed by atoms with E-state index in [0.29, 0.717) is 16.8 Å². The largest absolute Gasteiger partial charge is 0.342 e. The maximum Gasteiger partial charge on any atom is 0.257 e. The number of aromatic amines is 2. The van der Waals surface area contributed by atoms with Crippen LogP contribution >= 0.6 is 0 Å². The maximum atomic E-state index is 12.5. The highest BCUT2D eigenvalue weighted by atomic mass is 16.1.